The van der Waals surface area contributed by atoms with Crippen LogP contribution in [0.15, 0.2) is 40.5 Å². The number of hydrogen-bond donors (Lipinski definition) is 0. The van der Waals surface area contributed by atoms with Crippen molar-refractivity contribution in [2.75, 3.05) is 7.11 Å². The summed E-state index contributed by atoms with van der Waals surface area (Å²) in [7, 11) is 1.63. The Balaban J connectivity index is 1.74. The Morgan fingerprint density at radius 2 is 1.74 bits per heavy atom. The van der Waals surface area contributed by atoms with E-state index in [-0.39, 0.29) is 29.2 Å². The maximum atomic E-state index is 13.4. The van der Waals surface area contributed by atoms with Crippen LogP contribution in [0.3, 0.4) is 0 Å². The molecular formula is C26H33NO4. The zero-order chi connectivity index (χ0) is 22.2. The Bertz CT molecular complexity index is 919. The van der Waals surface area contributed by atoms with E-state index in [4.69, 9.17) is 14.5 Å². The van der Waals surface area contributed by atoms with E-state index in [9.17, 15) is 9.59 Å². The van der Waals surface area contributed by atoms with E-state index in [0.717, 1.165) is 54.8 Å². The molecule has 1 heterocycles. The number of Topliss-reactive ketones (excluding diaryl/α,β-unsaturated/α-hetero) is 1. The SMILES string of the molecule is COc1ccc([C@@H]2C3=C(CC(C)(C)CC3=O)N=C(C)C2C(=O)OC2CCCCC2)cc1. The number of nitrogens with zero attached hydrogens (tertiary/aromatic N) is 1. The van der Waals surface area contributed by atoms with Crippen LogP contribution >= 0.6 is 0 Å². The summed E-state index contributed by atoms with van der Waals surface area (Å²) in [5.74, 6) is -0.342. The van der Waals surface area contributed by atoms with Crippen LogP contribution in [0.5, 0.6) is 5.75 Å². The van der Waals surface area contributed by atoms with Gasteiger partial charge >= 0.3 is 5.97 Å². The summed E-state index contributed by atoms with van der Waals surface area (Å²) in [5, 5.41) is 0. The molecular weight excluding hydrogens is 390 g/mol. The van der Waals surface area contributed by atoms with Crippen molar-refractivity contribution in [2.24, 2.45) is 16.3 Å². The second-order valence-electron chi connectivity index (χ2n) is 9.98. The largest absolute Gasteiger partial charge is 0.497 e. The van der Waals surface area contributed by atoms with Crippen LogP contribution in [-0.4, -0.2) is 30.7 Å². The average Bonchev–Trinajstić information content (AvgIpc) is 2.72. The van der Waals surface area contributed by atoms with E-state index >= 15 is 0 Å². The number of carbonyl (C=O) groups excluding carboxylic acids is 2. The summed E-state index contributed by atoms with van der Waals surface area (Å²) in [6.07, 6.45) is 6.42. The number of hydrogen-bond acceptors (Lipinski definition) is 5. The number of benzene rings is 1. The van der Waals surface area contributed by atoms with Gasteiger partial charge in [-0.2, -0.15) is 0 Å². The van der Waals surface area contributed by atoms with Gasteiger partial charge in [-0.3, -0.25) is 14.6 Å². The van der Waals surface area contributed by atoms with Crippen LogP contribution < -0.4 is 4.74 Å². The van der Waals surface area contributed by atoms with Crippen LogP contribution in [0.2, 0.25) is 0 Å². The fourth-order valence-electron chi connectivity index (χ4n) is 5.34. The molecule has 2 aliphatic carbocycles. The number of ketones is 1. The van der Waals surface area contributed by atoms with Crippen LogP contribution in [0, 0.1) is 11.3 Å². The van der Waals surface area contributed by atoms with Crippen molar-refractivity contribution in [3.8, 4) is 5.75 Å². The van der Waals surface area contributed by atoms with Crippen molar-refractivity contribution < 1.29 is 19.1 Å². The summed E-state index contributed by atoms with van der Waals surface area (Å²) in [6.45, 7) is 6.11. The van der Waals surface area contributed by atoms with Gasteiger partial charge in [0.1, 0.15) is 17.8 Å². The Kier molecular flexibility index (Phi) is 6.05. The molecule has 1 unspecified atom stereocenters. The van der Waals surface area contributed by atoms with Crippen molar-refractivity contribution in [1.82, 2.24) is 0 Å². The number of carbonyl (C=O) groups is 2. The number of esters is 1. The first-order valence-corrected chi connectivity index (χ1v) is 11.4. The van der Waals surface area contributed by atoms with Gasteiger partial charge in [-0.25, -0.2) is 0 Å². The minimum atomic E-state index is -0.570. The van der Waals surface area contributed by atoms with Crippen molar-refractivity contribution in [3.63, 3.8) is 0 Å². The van der Waals surface area contributed by atoms with Crippen LogP contribution in [-0.2, 0) is 14.3 Å². The Morgan fingerprint density at radius 3 is 2.39 bits per heavy atom. The van der Waals surface area contributed by atoms with Crippen molar-refractivity contribution in [1.29, 1.82) is 0 Å². The molecule has 0 saturated heterocycles. The Hall–Kier alpha value is -2.43. The minimum Gasteiger partial charge on any atom is -0.497 e. The molecule has 3 aliphatic rings. The number of rotatable bonds is 4. The molecule has 0 spiro atoms. The van der Waals surface area contributed by atoms with Gasteiger partial charge in [0.25, 0.3) is 0 Å². The monoisotopic (exact) mass is 423 g/mol. The standard InChI is InChI=1S/C26H33NO4/c1-16-22(25(29)31-19-8-6-5-7-9-19)23(17-10-12-18(30-4)13-11-17)24-20(27-16)14-26(2,3)15-21(24)28/h10-13,19,22-23H,5-9,14-15H2,1-4H3/t22?,23-/m0/s1. The topological polar surface area (TPSA) is 65.0 Å². The maximum absolute atomic E-state index is 13.4. The molecule has 2 atom stereocenters. The quantitative estimate of drug-likeness (QED) is 0.609. The van der Waals surface area contributed by atoms with Gasteiger partial charge in [-0.15, -0.1) is 0 Å². The van der Waals surface area contributed by atoms with E-state index in [0.29, 0.717) is 12.0 Å². The molecule has 1 aromatic carbocycles. The third kappa shape index (κ3) is 4.46. The first-order valence-electron chi connectivity index (χ1n) is 11.4. The summed E-state index contributed by atoms with van der Waals surface area (Å²) in [5.41, 5.74) is 3.08. The van der Waals surface area contributed by atoms with Gasteiger partial charge < -0.3 is 9.47 Å². The number of methoxy groups -OCH3 is 1. The van der Waals surface area contributed by atoms with E-state index in [1.165, 1.54) is 6.42 Å². The first-order chi connectivity index (χ1) is 14.8. The van der Waals surface area contributed by atoms with Crippen molar-refractivity contribution >= 4 is 17.5 Å². The van der Waals surface area contributed by atoms with Crippen LogP contribution in [0.1, 0.15) is 77.2 Å². The molecule has 0 amide bonds. The molecule has 1 aromatic rings. The second kappa shape index (κ2) is 8.60. The molecule has 0 bridgehead atoms. The van der Waals surface area contributed by atoms with Gasteiger partial charge in [0, 0.05) is 29.3 Å². The molecule has 31 heavy (non-hydrogen) atoms. The van der Waals surface area contributed by atoms with Gasteiger partial charge in [-0.1, -0.05) is 32.4 Å². The molecule has 1 fully saturated rings. The van der Waals surface area contributed by atoms with E-state index < -0.39 is 5.92 Å². The summed E-state index contributed by atoms with van der Waals surface area (Å²) < 4.78 is 11.3. The molecule has 1 saturated carbocycles. The highest BCUT2D eigenvalue weighted by molar-refractivity contribution is 6.09. The highest BCUT2D eigenvalue weighted by Gasteiger charge is 2.46. The Labute approximate surface area is 184 Å². The van der Waals surface area contributed by atoms with Gasteiger partial charge in [0.2, 0.25) is 0 Å². The van der Waals surface area contributed by atoms with Gasteiger partial charge in [0.05, 0.1) is 7.11 Å². The van der Waals surface area contributed by atoms with Crippen LogP contribution in [0.25, 0.3) is 0 Å². The first kappa shape index (κ1) is 21.8. The average molecular weight is 424 g/mol. The number of allylic oxidation sites excluding steroid dienone is 2. The Morgan fingerprint density at radius 1 is 1.06 bits per heavy atom. The molecule has 0 N–H and O–H groups in total. The molecule has 0 aromatic heterocycles. The number of aliphatic imine (C=N–C) groups is 1. The molecule has 0 radical (unpaired) electrons. The molecule has 1 aliphatic heterocycles. The van der Waals surface area contributed by atoms with E-state index in [1.54, 1.807) is 7.11 Å². The van der Waals surface area contributed by atoms with Gasteiger partial charge in [0.15, 0.2) is 5.78 Å². The molecule has 5 nitrogen and oxygen atoms in total. The van der Waals surface area contributed by atoms with Gasteiger partial charge in [-0.05, 0) is 62.1 Å². The fraction of sp³-hybridized carbons (Fsp3) is 0.577. The zero-order valence-electron chi connectivity index (χ0n) is 19.1. The lowest BCUT2D eigenvalue weighted by molar-refractivity contribution is -0.153. The highest BCUT2D eigenvalue weighted by atomic mass is 16.5. The molecule has 4 rings (SSSR count). The lowest BCUT2D eigenvalue weighted by Crippen LogP contribution is -2.40. The second-order valence-corrected chi connectivity index (χ2v) is 9.98. The third-order valence-electron chi connectivity index (χ3n) is 6.87. The normalized spacial score (nSPS) is 26.2. The fourth-order valence-corrected chi connectivity index (χ4v) is 5.34. The summed E-state index contributed by atoms with van der Waals surface area (Å²) in [4.78, 5) is 31.5. The van der Waals surface area contributed by atoms with Crippen LogP contribution in [0.4, 0.5) is 0 Å². The predicted molar refractivity (Wildman–Crippen MR) is 120 cm³/mol. The predicted octanol–water partition coefficient (Wildman–Crippen LogP) is 5.39. The van der Waals surface area contributed by atoms with Crippen molar-refractivity contribution in [2.45, 2.75) is 77.7 Å². The summed E-state index contributed by atoms with van der Waals surface area (Å²) >= 11 is 0. The lowest BCUT2D eigenvalue weighted by atomic mass is 9.67. The third-order valence-corrected chi connectivity index (χ3v) is 6.87. The van der Waals surface area contributed by atoms with E-state index in [1.807, 2.05) is 31.2 Å². The lowest BCUT2D eigenvalue weighted by Gasteiger charge is -2.39. The zero-order valence-corrected chi connectivity index (χ0v) is 19.1. The van der Waals surface area contributed by atoms with Crippen molar-refractivity contribution in [3.05, 3.63) is 41.1 Å². The number of ether oxygens (including phenoxy) is 2. The minimum absolute atomic E-state index is 0.0260. The van der Waals surface area contributed by atoms with E-state index in [2.05, 4.69) is 13.8 Å². The maximum Gasteiger partial charge on any atom is 0.315 e. The molecule has 166 valence electrons. The molecule has 5 heteroatoms. The smallest absolute Gasteiger partial charge is 0.315 e. The summed E-state index contributed by atoms with van der Waals surface area (Å²) in [6, 6.07) is 7.69. The highest BCUT2D eigenvalue weighted by Crippen LogP contribution is 2.48.